The first-order valence-electron chi connectivity index (χ1n) is 11.4. The number of benzene rings is 1. The van der Waals surface area contributed by atoms with Gasteiger partial charge in [-0.2, -0.15) is 5.26 Å². The van der Waals surface area contributed by atoms with Crippen molar-refractivity contribution >= 4 is 23.5 Å². The number of carbonyl (C=O) groups excluding carboxylic acids is 1. The molecule has 1 N–H and O–H groups in total. The smallest absolute Gasteiger partial charge is 0.326 e. The van der Waals surface area contributed by atoms with Crippen molar-refractivity contribution in [1.29, 1.82) is 5.26 Å². The Bertz CT molecular complexity index is 978. The van der Waals surface area contributed by atoms with E-state index in [9.17, 15) is 24.3 Å². The zero-order valence-corrected chi connectivity index (χ0v) is 18.5. The molecule has 0 spiro atoms. The molecule has 1 aliphatic heterocycles. The van der Waals surface area contributed by atoms with E-state index in [1.165, 1.54) is 17.4 Å². The third-order valence-electron chi connectivity index (χ3n) is 8.32. The summed E-state index contributed by atoms with van der Waals surface area (Å²) in [5.74, 6) is -0.444. The van der Waals surface area contributed by atoms with E-state index in [1.807, 2.05) is 0 Å². The van der Waals surface area contributed by atoms with Crippen LogP contribution in [0.15, 0.2) is 12.1 Å². The van der Waals surface area contributed by atoms with Crippen molar-refractivity contribution in [2.75, 3.05) is 13.2 Å². The third kappa shape index (κ3) is 3.35. The molecule has 6 rings (SSSR count). The molecule has 1 saturated heterocycles. The van der Waals surface area contributed by atoms with Crippen LogP contribution in [0.2, 0.25) is 5.02 Å². The number of likely N-dealkylation sites (tertiary alicyclic amines) is 1. The minimum Gasteiger partial charge on any atom is -0.490 e. The predicted molar refractivity (Wildman–Crippen MR) is 114 cm³/mol. The molecule has 1 amide bonds. The summed E-state index contributed by atoms with van der Waals surface area (Å²) in [5, 5.41) is 19.5. The number of rotatable bonds is 5. The van der Waals surface area contributed by atoms with Gasteiger partial charge in [0.05, 0.1) is 22.1 Å². The van der Waals surface area contributed by atoms with Crippen LogP contribution in [0.4, 0.5) is 4.39 Å². The van der Waals surface area contributed by atoms with Crippen molar-refractivity contribution in [2.45, 2.75) is 51.0 Å². The van der Waals surface area contributed by atoms with E-state index in [0.717, 1.165) is 31.7 Å². The Balaban J connectivity index is 1.34. The lowest BCUT2D eigenvalue weighted by atomic mass is 9.46. The van der Waals surface area contributed by atoms with E-state index >= 15 is 0 Å². The number of hydrogen-bond acceptors (Lipinski definition) is 4. The molecule has 1 unspecified atom stereocenters. The number of aliphatic carboxylic acids is 1. The van der Waals surface area contributed by atoms with Crippen molar-refractivity contribution < 1.29 is 23.8 Å². The van der Waals surface area contributed by atoms with Gasteiger partial charge in [0.25, 0.3) is 5.91 Å². The molecule has 1 heterocycles. The fourth-order valence-corrected chi connectivity index (χ4v) is 7.12. The number of halogens is 2. The number of nitrogens with zero attached hydrogens (tertiary/aromatic N) is 2. The minimum absolute atomic E-state index is 0.0812. The molecular formula is C24H26ClFN2O4. The van der Waals surface area contributed by atoms with Crippen LogP contribution in [0, 0.1) is 46.2 Å². The van der Waals surface area contributed by atoms with Crippen LogP contribution in [-0.2, 0) is 4.79 Å². The number of ether oxygens (including phenoxy) is 1. The molecule has 0 radical (unpaired) electrons. The summed E-state index contributed by atoms with van der Waals surface area (Å²) in [5.41, 5.74) is -0.841. The van der Waals surface area contributed by atoms with Gasteiger partial charge >= 0.3 is 5.97 Å². The summed E-state index contributed by atoms with van der Waals surface area (Å²) >= 11 is 6.35. The second-order valence-corrected chi connectivity index (χ2v) is 10.4. The molecule has 8 heteroatoms. The molecule has 4 bridgehead atoms. The Kier molecular flexibility index (Phi) is 5.32. The first-order valence-corrected chi connectivity index (χ1v) is 11.8. The van der Waals surface area contributed by atoms with Gasteiger partial charge in [0.2, 0.25) is 0 Å². The van der Waals surface area contributed by atoms with Crippen LogP contribution in [0.25, 0.3) is 0 Å². The fourth-order valence-electron chi connectivity index (χ4n) is 6.90. The van der Waals surface area contributed by atoms with E-state index in [2.05, 4.69) is 6.07 Å². The predicted octanol–water partition coefficient (Wildman–Crippen LogP) is 4.51. The van der Waals surface area contributed by atoms with Gasteiger partial charge < -0.3 is 14.7 Å². The van der Waals surface area contributed by atoms with E-state index in [-0.39, 0.29) is 29.5 Å². The van der Waals surface area contributed by atoms with Crippen LogP contribution in [0.1, 0.15) is 55.3 Å². The molecule has 5 aliphatic rings. The third-order valence-corrected chi connectivity index (χ3v) is 8.62. The molecular weight excluding hydrogens is 435 g/mol. The molecule has 5 fully saturated rings. The highest BCUT2D eigenvalue weighted by atomic mass is 35.5. The number of carbonyl (C=O) groups is 2. The van der Waals surface area contributed by atoms with E-state index in [0.29, 0.717) is 36.5 Å². The van der Waals surface area contributed by atoms with Crippen LogP contribution in [0.5, 0.6) is 5.75 Å². The van der Waals surface area contributed by atoms with Gasteiger partial charge in [-0.25, -0.2) is 9.18 Å². The largest absolute Gasteiger partial charge is 0.490 e. The molecule has 4 saturated carbocycles. The zero-order valence-electron chi connectivity index (χ0n) is 17.7. The maximum Gasteiger partial charge on any atom is 0.326 e. The second kappa shape index (κ2) is 7.91. The van der Waals surface area contributed by atoms with Crippen LogP contribution < -0.4 is 4.74 Å². The maximum absolute atomic E-state index is 14.9. The summed E-state index contributed by atoms with van der Waals surface area (Å²) < 4.78 is 20.8. The Morgan fingerprint density at radius 2 is 1.88 bits per heavy atom. The van der Waals surface area contributed by atoms with Gasteiger partial charge in [0.1, 0.15) is 24.2 Å². The SMILES string of the molecule is N#CC1(COc2cc(F)c(C(=O)N3CCCC3C(=O)O)cc2Cl)C2CC3CC(C2)CC1C3. The highest BCUT2D eigenvalue weighted by Crippen LogP contribution is 2.62. The lowest BCUT2D eigenvalue weighted by Crippen LogP contribution is -2.54. The monoisotopic (exact) mass is 460 g/mol. The Labute approximate surface area is 191 Å². The standard InChI is InChI=1S/C24H26ClFN2O4/c25-18-9-17(22(29)28-3-1-2-20(28)23(30)31)19(26)10-21(18)32-12-24(11-27)15-5-13-4-14(7-15)8-16(24)6-13/h9-10,13-16,20H,1-8,12H2,(H,30,31). The first-order chi connectivity index (χ1) is 15.3. The van der Waals surface area contributed by atoms with Crippen LogP contribution in [0.3, 0.4) is 0 Å². The zero-order chi connectivity index (χ0) is 22.6. The van der Waals surface area contributed by atoms with E-state index in [4.69, 9.17) is 16.3 Å². The molecule has 32 heavy (non-hydrogen) atoms. The van der Waals surface area contributed by atoms with Crippen LogP contribution >= 0.6 is 11.6 Å². The van der Waals surface area contributed by atoms with E-state index in [1.54, 1.807) is 0 Å². The number of hydrogen-bond donors (Lipinski definition) is 1. The minimum atomic E-state index is -1.10. The molecule has 1 atom stereocenters. The summed E-state index contributed by atoms with van der Waals surface area (Å²) in [6, 6.07) is 3.91. The number of nitriles is 1. The quantitative estimate of drug-likeness (QED) is 0.697. The Hall–Kier alpha value is -2.33. The van der Waals surface area contributed by atoms with Gasteiger partial charge in [-0.3, -0.25) is 4.79 Å². The van der Waals surface area contributed by atoms with Crippen molar-refractivity contribution in [3.63, 3.8) is 0 Å². The lowest BCUT2D eigenvalue weighted by Gasteiger charge is -2.58. The van der Waals surface area contributed by atoms with Gasteiger partial charge in [0.15, 0.2) is 0 Å². The molecule has 170 valence electrons. The number of amides is 1. The topological polar surface area (TPSA) is 90.6 Å². The summed E-state index contributed by atoms with van der Waals surface area (Å²) in [6.07, 6.45) is 6.40. The van der Waals surface area contributed by atoms with Crippen molar-refractivity contribution in [1.82, 2.24) is 4.90 Å². The fraction of sp³-hybridized carbons (Fsp3) is 0.625. The molecule has 4 aliphatic carbocycles. The average molecular weight is 461 g/mol. The van der Waals surface area contributed by atoms with E-state index < -0.39 is 29.2 Å². The molecule has 1 aromatic rings. The highest BCUT2D eigenvalue weighted by Gasteiger charge is 2.58. The summed E-state index contributed by atoms with van der Waals surface area (Å²) in [7, 11) is 0. The Morgan fingerprint density at radius 3 is 2.47 bits per heavy atom. The van der Waals surface area contributed by atoms with Gasteiger partial charge in [0, 0.05) is 12.6 Å². The van der Waals surface area contributed by atoms with Crippen LogP contribution in [-0.4, -0.2) is 41.1 Å². The van der Waals surface area contributed by atoms with Crippen molar-refractivity contribution in [3.8, 4) is 11.8 Å². The first kappa shape index (κ1) is 21.5. The molecule has 0 aromatic heterocycles. The lowest BCUT2D eigenvalue weighted by molar-refractivity contribution is -0.141. The van der Waals surface area contributed by atoms with Crippen molar-refractivity contribution in [2.24, 2.45) is 29.1 Å². The highest BCUT2D eigenvalue weighted by molar-refractivity contribution is 6.32. The second-order valence-electron chi connectivity index (χ2n) is 10.0. The molecule has 1 aromatic carbocycles. The Morgan fingerprint density at radius 1 is 1.22 bits per heavy atom. The average Bonchev–Trinajstić information content (AvgIpc) is 3.25. The van der Waals surface area contributed by atoms with Gasteiger partial charge in [-0.05, 0) is 74.7 Å². The number of carboxylic acids is 1. The maximum atomic E-state index is 14.9. The number of carboxylic acid groups (broad SMARTS) is 1. The molecule has 6 nitrogen and oxygen atoms in total. The van der Waals surface area contributed by atoms with Crippen molar-refractivity contribution in [3.05, 3.63) is 28.5 Å². The normalized spacial score (nSPS) is 35.0. The van der Waals surface area contributed by atoms with Gasteiger partial charge in [-0.15, -0.1) is 0 Å². The van der Waals surface area contributed by atoms with Gasteiger partial charge in [-0.1, -0.05) is 11.6 Å². The summed E-state index contributed by atoms with van der Waals surface area (Å²) in [4.78, 5) is 25.4. The summed E-state index contributed by atoms with van der Waals surface area (Å²) in [6.45, 7) is 0.429.